The van der Waals surface area contributed by atoms with Crippen LogP contribution in [0.15, 0.2) is 0 Å². The second-order valence-electron chi connectivity index (χ2n) is 1.05. The van der Waals surface area contributed by atoms with Crippen molar-refractivity contribution in [3.05, 3.63) is 12.2 Å². The van der Waals surface area contributed by atoms with Gasteiger partial charge < -0.3 is 10.2 Å². The summed E-state index contributed by atoms with van der Waals surface area (Å²) < 4.78 is 0. The van der Waals surface area contributed by atoms with E-state index in [9.17, 15) is 0 Å². The molecule has 0 unspecified atom stereocenters. The van der Waals surface area contributed by atoms with Gasteiger partial charge in [0.2, 0.25) is 0 Å². The summed E-state index contributed by atoms with van der Waals surface area (Å²) in [5, 5.41) is 13.7. The molecule has 0 N–H and O–H groups in total. The monoisotopic (exact) mass is 164 g/mol. The maximum atomic E-state index is 3.50. The summed E-state index contributed by atoms with van der Waals surface area (Å²) in [7, 11) is 0. The fourth-order valence-corrected chi connectivity index (χ4v) is 0.229. The number of hydrogen-bond acceptors (Lipinski definition) is 4. The van der Waals surface area contributed by atoms with Crippen LogP contribution in [0.1, 0.15) is 19.7 Å². The number of nitrogens with zero attached hydrogens (tertiary/aromatic N) is 4. The Hall–Kier alpha value is 0.576. The molecule has 0 aliphatic rings. The van der Waals surface area contributed by atoms with Gasteiger partial charge in [-0.1, -0.05) is 13.8 Å². The maximum Gasteiger partial charge on any atom is 1.00 e. The predicted octanol–water partition coefficient (Wildman–Crippen LogP) is -2.59. The summed E-state index contributed by atoms with van der Waals surface area (Å²) in [6, 6.07) is 0. The Balaban J connectivity index is 0. The first-order valence-electron chi connectivity index (χ1n) is 2.79. The molecule has 0 fully saturated rings. The molecule has 0 radical (unpaired) electrons. The van der Waals surface area contributed by atoms with E-state index in [2.05, 4.69) is 26.7 Å². The molecule has 10 heavy (non-hydrogen) atoms. The number of aryl methyl sites for hydroxylation is 1. The fourth-order valence-electron chi connectivity index (χ4n) is 0.229. The van der Waals surface area contributed by atoms with Crippen molar-refractivity contribution in [3.63, 3.8) is 0 Å². The van der Waals surface area contributed by atoms with E-state index in [1.807, 2.05) is 13.8 Å². The Labute approximate surface area is 103 Å². The molecular weight excluding hydrogens is 155 g/mol. The molecule has 1 heterocycles. The number of hydrogen-bond donors (Lipinski definition) is 0. The van der Waals surface area contributed by atoms with Gasteiger partial charge in [-0.3, -0.25) is 0 Å². The average Bonchev–Trinajstić information content (AvgIpc) is 1.94. The zero-order valence-corrected chi connectivity index (χ0v) is 9.91. The molecule has 5 heteroatoms. The van der Waals surface area contributed by atoms with E-state index >= 15 is 0 Å². The van der Waals surface area contributed by atoms with E-state index in [1.54, 1.807) is 6.92 Å². The van der Waals surface area contributed by atoms with Gasteiger partial charge in [0.1, 0.15) is 0 Å². The second-order valence-corrected chi connectivity index (χ2v) is 1.05. The molecule has 0 amide bonds. The van der Waals surface area contributed by atoms with E-state index < -0.39 is 0 Å². The summed E-state index contributed by atoms with van der Waals surface area (Å²) >= 11 is 0. The summed E-state index contributed by atoms with van der Waals surface area (Å²) in [6.07, 6.45) is 2.21. The first-order valence-corrected chi connectivity index (χ1v) is 2.79. The molecule has 0 aliphatic heterocycles. The van der Waals surface area contributed by atoms with Crippen molar-refractivity contribution in [1.82, 2.24) is 20.4 Å². The predicted molar refractivity (Wildman–Crippen MR) is 32.5 cm³/mol. The normalized spacial score (nSPS) is 6.70. The van der Waals surface area contributed by atoms with Crippen LogP contribution in [0.5, 0.6) is 0 Å². The summed E-state index contributed by atoms with van der Waals surface area (Å²) in [4.78, 5) is 0. The molecule has 4 nitrogen and oxygen atoms in total. The molecule has 1 aromatic rings. The van der Waals surface area contributed by atoms with Gasteiger partial charge in [-0.15, -0.1) is 0 Å². The summed E-state index contributed by atoms with van der Waals surface area (Å²) in [5.41, 5.74) is 0. The van der Waals surface area contributed by atoms with Gasteiger partial charge in [0.05, 0.1) is 0 Å². The minimum Gasteiger partial charge on any atom is -0.349 e. The quantitative estimate of drug-likeness (QED) is 0.312. The summed E-state index contributed by atoms with van der Waals surface area (Å²) in [5.74, 6) is 0.568. The zero-order chi connectivity index (χ0) is 7.11. The average molecular weight is 164 g/mol. The van der Waals surface area contributed by atoms with Gasteiger partial charge >= 0.3 is 51.4 Å². The van der Waals surface area contributed by atoms with Crippen molar-refractivity contribution in [3.8, 4) is 0 Å². The fraction of sp³-hybridized carbons (Fsp3) is 0.600. The van der Waals surface area contributed by atoms with E-state index in [0.717, 1.165) is 0 Å². The molecule has 0 bridgehead atoms. The molecule has 0 atom stereocenters. The van der Waals surface area contributed by atoms with Gasteiger partial charge in [-0.2, -0.15) is 10.2 Å². The zero-order valence-electron chi connectivity index (χ0n) is 6.79. The van der Waals surface area contributed by atoms with E-state index in [-0.39, 0.29) is 51.4 Å². The van der Waals surface area contributed by atoms with Gasteiger partial charge in [-0.05, 0) is 6.92 Å². The van der Waals surface area contributed by atoms with Crippen LogP contribution in [-0.2, 0) is 0 Å². The third kappa shape index (κ3) is 6.69. The van der Waals surface area contributed by atoms with Crippen LogP contribution in [0, 0.1) is 13.3 Å². The van der Waals surface area contributed by atoms with Crippen molar-refractivity contribution >= 4 is 0 Å². The van der Waals surface area contributed by atoms with Crippen molar-refractivity contribution in [2.24, 2.45) is 0 Å². The Morgan fingerprint density at radius 2 is 1.50 bits per heavy atom. The van der Waals surface area contributed by atoms with Crippen molar-refractivity contribution in [2.75, 3.05) is 0 Å². The van der Waals surface area contributed by atoms with Crippen LogP contribution in [0.25, 0.3) is 0 Å². The minimum absolute atomic E-state index is 0. The standard InChI is InChI=1S/C3H3N4.C2H6.K/c1-3-6-4-2-5-7-3;1-2;/h1H3;1-2H3;/q-1;;+1. The molecule has 0 aliphatic carbocycles. The largest absolute Gasteiger partial charge is 1.00 e. The van der Waals surface area contributed by atoms with Crippen LogP contribution in [-0.4, -0.2) is 20.4 Å². The Kier molecular flexibility index (Phi) is 12.6. The van der Waals surface area contributed by atoms with Crippen LogP contribution in [0.2, 0.25) is 0 Å². The Morgan fingerprint density at radius 1 is 1.10 bits per heavy atom. The third-order valence-electron chi connectivity index (χ3n) is 0.479. The van der Waals surface area contributed by atoms with Gasteiger partial charge in [-0.25, -0.2) is 6.33 Å². The van der Waals surface area contributed by atoms with Gasteiger partial charge in [0.25, 0.3) is 0 Å². The molecule has 50 valence electrons. The van der Waals surface area contributed by atoms with Gasteiger partial charge in [0, 0.05) is 0 Å². The Morgan fingerprint density at radius 3 is 1.70 bits per heavy atom. The van der Waals surface area contributed by atoms with Crippen LogP contribution >= 0.6 is 0 Å². The van der Waals surface area contributed by atoms with Crippen LogP contribution < -0.4 is 51.4 Å². The van der Waals surface area contributed by atoms with Gasteiger partial charge in [0.15, 0.2) is 5.82 Å². The minimum atomic E-state index is 0. The molecule has 1 aromatic heterocycles. The van der Waals surface area contributed by atoms with E-state index in [4.69, 9.17) is 0 Å². The van der Waals surface area contributed by atoms with Crippen LogP contribution in [0.4, 0.5) is 0 Å². The smallest absolute Gasteiger partial charge is 0.349 e. The first-order chi connectivity index (χ1) is 4.39. The van der Waals surface area contributed by atoms with Crippen molar-refractivity contribution in [1.29, 1.82) is 0 Å². The molecule has 1 rings (SSSR count). The number of aromatic nitrogens is 4. The number of rotatable bonds is 0. The van der Waals surface area contributed by atoms with Crippen molar-refractivity contribution < 1.29 is 51.4 Å². The maximum absolute atomic E-state index is 3.50. The molecule has 0 aromatic carbocycles. The Bertz CT molecular complexity index is 144. The second kappa shape index (κ2) is 9.58. The SMILES string of the molecule is CC.Cc1nn[c-]nn1.[K+]. The van der Waals surface area contributed by atoms with Crippen molar-refractivity contribution in [2.45, 2.75) is 20.8 Å². The first kappa shape index (κ1) is 13.2. The van der Waals surface area contributed by atoms with Crippen LogP contribution in [0.3, 0.4) is 0 Å². The molecule has 0 spiro atoms. The topological polar surface area (TPSA) is 51.6 Å². The van der Waals surface area contributed by atoms with E-state index in [0.29, 0.717) is 5.82 Å². The molecule has 0 saturated heterocycles. The van der Waals surface area contributed by atoms with E-state index in [1.165, 1.54) is 0 Å². The third-order valence-corrected chi connectivity index (χ3v) is 0.479. The summed E-state index contributed by atoms with van der Waals surface area (Å²) in [6.45, 7) is 5.72. The molecule has 0 saturated carbocycles. The molecular formula is C5H9KN4.